The molecule has 0 aliphatic carbocycles. The number of hydrogen-bond donors (Lipinski definition) is 1. The Balaban J connectivity index is 2.14. The third-order valence-corrected chi connectivity index (χ3v) is 2.17. The van der Waals surface area contributed by atoms with E-state index in [0.717, 1.165) is 5.69 Å². The molecule has 0 radical (unpaired) electrons. The first-order chi connectivity index (χ1) is 6.75. The number of hydrogen-bond acceptors (Lipinski definition) is 5. The van der Waals surface area contributed by atoms with Gasteiger partial charge >= 0.3 is 5.97 Å². The van der Waals surface area contributed by atoms with Gasteiger partial charge in [0.15, 0.2) is 0 Å². The molecule has 2 aromatic heterocycles. The number of nitrogens with zero attached hydrogens (tertiary/aromatic N) is 4. The summed E-state index contributed by atoms with van der Waals surface area (Å²) in [4.78, 5) is 18.1. The summed E-state index contributed by atoms with van der Waals surface area (Å²) in [5.41, 5.74) is 2.56. The van der Waals surface area contributed by atoms with Crippen LogP contribution in [0, 0.1) is 0 Å². The summed E-state index contributed by atoms with van der Waals surface area (Å²) < 4.78 is 1.44. The molecule has 0 atom stereocenters. The Morgan fingerprint density at radius 2 is 2.43 bits per heavy atom. The van der Waals surface area contributed by atoms with E-state index in [-0.39, 0.29) is 5.82 Å². The highest BCUT2D eigenvalue weighted by Gasteiger charge is 2.08. The van der Waals surface area contributed by atoms with Crippen molar-refractivity contribution in [3.63, 3.8) is 0 Å². The van der Waals surface area contributed by atoms with E-state index >= 15 is 0 Å². The third-order valence-electron chi connectivity index (χ3n) is 1.54. The SMILES string of the molecule is O=C(O)c1ncn(Cc2cscn2)n1. The number of rotatable bonds is 3. The molecule has 0 saturated heterocycles. The van der Waals surface area contributed by atoms with Crippen LogP contribution in [0.3, 0.4) is 0 Å². The van der Waals surface area contributed by atoms with Gasteiger partial charge in [-0.2, -0.15) is 0 Å². The van der Waals surface area contributed by atoms with Gasteiger partial charge in [-0.1, -0.05) is 0 Å². The van der Waals surface area contributed by atoms with Gasteiger partial charge in [-0.3, -0.25) is 0 Å². The largest absolute Gasteiger partial charge is 0.475 e. The first kappa shape index (κ1) is 8.82. The first-order valence-corrected chi connectivity index (χ1v) is 4.70. The molecule has 14 heavy (non-hydrogen) atoms. The van der Waals surface area contributed by atoms with Crippen molar-refractivity contribution in [1.82, 2.24) is 19.7 Å². The number of carboxylic acid groups (broad SMARTS) is 1. The average molecular weight is 210 g/mol. The number of carboxylic acids is 1. The molecule has 2 heterocycles. The van der Waals surface area contributed by atoms with E-state index in [1.54, 1.807) is 5.51 Å². The van der Waals surface area contributed by atoms with Gasteiger partial charge in [0.1, 0.15) is 6.33 Å². The number of carbonyl (C=O) groups is 1. The van der Waals surface area contributed by atoms with Crippen molar-refractivity contribution in [2.45, 2.75) is 6.54 Å². The Bertz CT molecular complexity index is 436. The molecule has 2 rings (SSSR count). The highest BCUT2D eigenvalue weighted by Crippen LogP contribution is 2.02. The summed E-state index contributed by atoms with van der Waals surface area (Å²) in [6.45, 7) is 0.448. The third kappa shape index (κ3) is 1.77. The quantitative estimate of drug-likeness (QED) is 0.796. The topological polar surface area (TPSA) is 80.9 Å². The van der Waals surface area contributed by atoms with E-state index < -0.39 is 5.97 Å². The van der Waals surface area contributed by atoms with Gasteiger partial charge in [0.2, 0.25) is 0 Å². The highest BCUT2D eigenvalue weighted by molar-refractivity contribution is 7.07. The van der Waals surface area contributed by atoms with Gasteiger partial charge in [-0.15, -0.1) is 16.4 Å². The predicted octanol–water partition coefficient (Wildman–Crippen LogP) is 0.481. The molecular weight excluding hydrogens is 204 g/mol. The van der Waals surface area contributed by atoms with Crippen molar-refractivity contribution < 1.29 is 9.90 Å². The minimum atomic E-state index is -1.12. The zero-order chi connectivity index (χ0) is 9.97. The van der Waals surface area contributed by atoms with E-state index in [2.05, 4.69) is 15.1 Å². The molecule has 0 aromatic carbocycles. The molecular formula is C7H6N4O2S. The van der Waals surface area contributed by atoms with Crippen LogP contribution in [0.4, 0.5) is 0 Å². The van der Waals surface area contributed by atoms with Crippen LogP contribution in [0.15, 0.2) is 17.2 Å². The fourth-order valence-corrected chi connectivity index (χ4v) is 1.50. The lowest BCUT2D eigenvalue weighted by Crippen LogP contribution is -2.04. The molecule has 0 aliphatic heterocycles. The monoisotopic (exact) mass is 210 g/mol. The van der Waals surface area contributed by atoms with Crippen LogP contribution in [0.2, 0.25) is 0 Å². The van der Waals surface area contributed by atoms with Gasteiger partial charge in [-0.05, 0) is 0 Å². The fourth-order valence-electron chi connectivity index (χ4n) is 0.950. The van der Waals surface area contributed by atoms with E-state index in [4.69, 9.17) is 5.11 Å². The van der Waals surface area contributed by atoms with Gasteiger partial charge < -0.3 is 5.11 Å². The molecule has 0 bridgehead atoms. The maximum Gasteiger partial charge on any atom is 0.375 e. The van der Waals surface area contributed by atoms with Gasteiger partial charge in [0.25, 0.3) is 5.82 Å². The van der Waals surface area contributed by atoms with Crippen molar-refractivity contribution in [1.29, 1.82) is 0 Å². The van der Waals surface area contributed by atoms with Crippen LogP contribution in [0.1, 0.15) is 16.3 Å². The maximum atomic E-state index is 10.5. The normalized spacial score (nSPS) is 10.3. The molecule has 0 unspecified atom stereocenters. The fraction of sp³-hybridized carbons (Fsp3) is 0.143. The summed E-state index contributed by atoms with van der Waals surface area (Å²) >= 11 is 1.48. The standard InChI is InChI=1S/C7H6N4O2S/c12-7(13)6-8-3-11(10-6)1-5-2-14-4-9-5/h2-4H,1H2,(H,12,13). The molecule has 0 spiro atoms. The Morgan fingerprint density at radius 3 is 3.00 bits per heavy atom. The smallest absolute Gasteiger partial charge is 0.375 e. The van der Waals surface area contributed by atoms with Crippen LogP contribution >= 0.6 is 11.3 Å². The van der Waals surface area contributed by atoms with Gasteiger partial charge in [0.05, 0.1) is 17.7 Å². The van der Waals surface area contributed by atoms with Crippen LogP contribution in [-0.4, -0.2) is 30.8 Å². The molecule has 0 aliphatic rings. The Labute approximate surface area is 82.9 Å². The van der Waals surface area contributed by atoms with Crippen LogP contribution in [0.25, 0.3) is 0 Å². The lowest BCUT2D eigenvalue weighted by Gasteiger charge is -1.94. The molecule has 1 N–H and O–H groups in total. The van der Waals surface area contributed by atoms with Crippen LogP contribution < -0.4 is 0 Å². The minimum absolute atomic E-state index is 0.194. The zero-order valence-electron chi connectivity index (χ0n) is 6.99. The molecule has 0 amide bonds. The van der Waals surface area contributed by atoms with Gasteiger partial charge in [0, 0.05) is 5.38 Å². The highest BCUT2D eigenvalue weighted by atomic mass is 32.1. The number of aromatic nitrogens is 4. The Kier molecular flexibility index (Phi) is 2.23. The molecule has 6 nitrogen and oxygen atoms in total. The molecule has 0 saturated carbocycles. The van der Waals surface area contributed by atoms with Crippen molar-refractivity contribution >= 4 is 17.3 Å². The summed E-state index contributed by atoms with van der Waals surface area (Å²) in [7, 11) is 0. The minimum Gasteiger partial charge on any atom is -0.475 e. The lowest BCUT2D eigenvalue weighted by molar-refractivity contribution is 0.0683. The van der Waals surface area contributed by atoms with Crippen LogP contribution in [-0.2, 0) is 6.54 Å². The Hall–Kier alpha value is -1.76. The molecule has 0 fully saturated rings. The van der Waals surface area contributed by atoms with Gasteiger partial charge in [-0.25, -0.2) is 19.4 Å². The van der Waals surface area contributed by atoms with Crippen LogP contribution in [0.5, 0.6) is 0 Å². The molecule has 7 heteroatoms. The summed E-state index contributed by atoms with van der Waals surface area (Å²) in [6.07, 6.45) is 1.38. The summed E-state index contributed by atoms with van der Waals surface area (Å²) in [5.74, 6) is -1.32. The second-order valence-electron chi connectivity index (χ2n) is 2.55. The zero-order valence-corrected chi connectivity index (χ0v) is 7.81. The second kappa shape index (κ2) is 3.54. The first-order valence-electron chi connectivity index (χ1n) is 3.75. The Morgan fingerprint density at radius 1 is 1.57 bits per heavy atom. The average Bonchev–Trinajstić information content (AvgIpc) is 2.75. The van der Waals surface area contributed by atoms with Crippen molar-refractivity contribution in [3.8, 4) is 0 Å². The van der Waals surface area contributed by atoms with E-state index in [1.807, 2.05) is 5.38 Å². The molecule has 72 valence electrons. The van der Waals surface area contributed by atoms with Crippen molar-refractivity contribution in [2.75, 3.05) is 0 Å². The lowest BCUT2D eigenvalue weighted by atomic mass is 10.5. The van der Waals surface area contributed by atoms with E-state index in [1.165, 1.54) is 22.3 Å². The van der Waals surface area contributed by atoms with Crippen molar-refractivity contribution in [3.05, 3.63) is 28.7 Å². The predicted molar refractivity (Wildman–Crippen MR) is 48.2 cm³/mol. The number of thiazole rings is 1. The van der Waals surface area contributed by atoms with E-state index in [0.29, 0.717) is 6.54 Å². The molecule has 2 aromatic rings. The number of aromatic carboxylic acids is 1. The second-order valence-corrected chi connectivity index (χ2v) is 3.27. The van der Waals surface area contributed by atoms with E-state index in [9.17, 15) is 4.79 Å². The summed E-state index contributed by atoms with van der Waals surface area (Å²) in [6, 6.07) is 0. The summed E-state index contributed by atoms with van der Waals surface area (Å²) in [5, 5.41) is 14.2. The van der Waals surface area contributed by atoms with Crippen molar-refractivity contribution in [2.24, 2.45) is 0 Å². The maximum absolute atomic E-state index is 10.5.